The van der Waals surface area contributed by atoms with Gasteiger partial charge in [0.1, 0.15) is 0 Å². The fourth-order valence-electron chi connectivity index (χ4n) is 3.11. The predicted octanol–water partition coefficient (Wildman–Crippen LogP) is -0.949. The van der Waals surface area contributed by atoms with E-state index in [9.17, 15) is 24.0 Å². The Bertz CT molecular complexity index is 678. The van der Waals surface area contributed by atoms with Gasteiger partial charge in [0.2, 0.25) is 0 Å². The van der Waals surface area contributed by atoms with Crippen molar-refractivity contribution >= 4 is 29.5 Å². The molecule has 9 nitrogen and oxygen atoms in total. The number of rotatable bonds is 9. The fourth-order valence-corrected chi connectivity index (χ4v) is 3.11. The Morgan fingerprint density at radius 1 is 0.571 bits per heavy atom. The van der Waals surface area contributed by atoms with Crippen LogP contribution in [0.3, 0.4) is 0 Å². The Labute approximate surface area is 161 Å². The molecule has 0 atom stereocenters. The van der Waals surface area contributed by atoms with E-state index in [0.29, 0.717) is 31.9 Å². The minimum absolute atomic E-state index is 0.159. The number of carbonyl (C=O) groups is 5. The van der Waals surface area contributed by atoms with Gasteiger partial charge in [-0.1, -0.05) is 6.58 Å². The molecule has 28 heavy (non-hydrogen) atoms. The van der Waals surface area contributed by atoms with Gasteiger partial charge in [0.05, 0.1) is 0 Å². The highest BCUT2D eigenvalue weighted by Gasteiger charge is 2.26. The van der Waals surface area contributed by atoms with Gasteiger partial charge >= 0.3 is 0 Å². The molecule has 0 N–H and O–H groups in total. The molecule has 0 aromatic heterocycles. The maximum absolute atomic E-state index is 11.9. The molecule has 0 saturated heterocycles. The molecule has 3 rings (SSSR count). The molecule has 9 heteroatoms. The number of allylic oxidation sites excluding steroid dienone is 1. The average Bonchev–Trinajstić information content (AvgIpc) is 3.27. The van der Waals surface area contributed by atoms with E-state index in [0.717, 1.165) is 9.80 Å². The van der Waals surface area contributed by atoms with E-state index in [1.807, 2.05) is 4.90 Å². The Morgan fingerprint density at radius 3 is 1.25 bits per heavy atom. The molecule has 0 radical (unpaired) electrons. The first kappa shape index (κ1) is 19.4. The third-order valence-electron chi connectivity index (χ3n) is 4.75. The Balaban J connectivity index is 1.58. The lowest BCUT2D eigenvalue weighted by Crippen LogP contribution is -2.45. The van der Waals surface area contributed by atoms with E-state index in [4.69, 9.17) is 0 Å². The van der Waals surface area contributed by atoms with Gasteiger partial charge in [-0.15, -0.1) is 0 Å². The Hall–Kier alpha value is -3.33. The number of amides is 5. The van der Waals surface area contributed by atoms with Crippen molar-refractivity contribution in [1.29, 1.82) is 0 Å². The smallest absolute Gasteiger partial charge is 0.253 e. The first-order valence-corrected chi connectivity index (χ1v) is 8.85. The zero-order chi connectivity index (χ0) is 20.3. The van der Waals surface area contributed by atoms with E-state index >= 15 is 0 Å². The van der Waals surface area contributed by atoms with Gasteiger partial charge in [-0.2, -0.15) is 0 Å². The second-order valence-electron chi connectivity index (χ2n) is 6.48. The maximum atomic E-state index is 11.9. The van der Waals surface area contributed by atoms with E-state index in [-0.39, 0.29) is 42.6 Å². The summed E-state index contributed by atoms with van der Waals surface area (Å²) in [6, 6.07) is 0. The zero-order valence-corrected chi connectivity index (χ0v) is 15.2. The van der Waals surface area contributed by atoms with Crippen molar-refractivity contribution in [1.82, 2.24) is 19.6 Å². The van der Waals surface area contributed by atoms with Gasteiger partial charge in [0.25, 0.3) is 29.5 Å². The first-order valence-electron chi connectivity index (χ1n) is 8.85. The summed E-state index contributed by atoms with van der Waals surface area (Å²) in [7, 11) is 0. The molecule has 0 aromatic carbocycles. The topological polar surface area (TPSA) is 98.3 Å². The molecule has 3 aliphatic heterocycles. The minimum Gasteiger partial charge on any atom is -0.308 e. The standard InChI is InChI=1S/C19H20N4O5/c1-14-2-3-15(24)21(14)11-8-20(9-12-22-16(25)4-5-17(22)26)10-13-23-18(27)6-7-19(23)28/h2-7H,1,8-13H2. The number of carbonyl (C=O) groups excluding carboxylic acids is 5. The highest BCUT2D eigenvalue weighted by molar-refractivity contribution is 6.13. The van der Waals surface area contributed by atoms with E-state index in [1.165, 1.54) is 35.3 Å². The van der Waals surface area contributed by atoms with Crippen molar-refractivity contribution in [2.24, 2.45) is 0 Å². The second kappa shape index (κ2) is 8.13. The number of hydrogen-bond donors (Lipinski definition) is 0. The number of hydrogen-bond acceptors (Lipinski definition) is 6. The monoisotopic (exact) mass is 384 g/mol. The van der Waals surface area contributed by atoms with Crippen LogP contribution in [0.5, 0.6) is 0 Å². The van der Waals surface area contributed by atoms with Crippen LogP contribution in [0, 0.1) is 0 Å². The molecule has 0 aliphatic carbocycles. The Morgan fingerprint density at radius 2 is 0.893 bits per heavy atom. The van der Waals surface area contributed by atoms with Crippen molar-refractivity contribution in [2.45, 2.75) is 0 Å². The van der Waals surface area contributed by atoms with Gasteiger partial charge in [0.15, 0.2) is 0 Å². The average molecular weight is 384 g/mol. The summed E-state index contributed by atoms with van der Waals surface area (Å²) in [4.78, 5) is 64.4. The molecule has 0 saturated carbocycles. The molecule has 3 heterocycles. The van der Waals surface area contributed by atoms with Gasteiger partial charge in [-0.25, -0.2) is 0 Å². The van der Waals surface area contributed by atoms with Crippen molar-refractivity contribution in [2.75, 3.05) is 39.3 Å². The highest BCUT2D eigenvalue weighted by atomic mass is 16.2. The van der Waals surface area contributed by atoms with Crippen molar-refractivity contribution < 1.29 is 24.0 Å². The van der Waals surface area contributed by atoms with Crippen LogP contribution >= 0.6 is 0 Å². The quantitative estimate of drug-likeness (QED) is 0.476. The second-order valence-corrected chi connectivity index (χ2v) is 6.48. The SMILES string of the molecule is C=C1C=CC(=O)N1CCN(CCN1C(=O)C=CC1=O)CCN1C(=O)C=CC1=O. The third kappa shape index (κ3) is 4.15. The van der Waals surface area contributed by atoms with Crippen LogP contribution < -0.4 is 0 Å². The van der Waals surface area contributed by atoms with Crippen LogP contribution in [0.2, 0.25) is 0 Å². The molecule has 0 fully saturated rings. The molecule has 0 aromatic rings. The summed E-state index contributed by atoms with van der Waals surface area (Å²) in [6.07, 6.45) is 7.95. The molecule has 0 unspecified atom stereocenters. The fraction of sp³-hybridized carbons (Fsp3) is 0.316. The predicted molar refractivity (Wildman–Crippen MR) is 98.2 cm³/mol. The van der Waals surface area contributed by atoms with Crippen LogP contribution in [0.1, 0.15) is 0 Å². The molecule has 146 valence electrons. The van der Waals surface area contributed by atoms with Crippen LogP contribution in [-0.4, -0.2) is 88.4 Å². The lowest BCUT2D eigenvalue weighted by atomic mass is 10.3. The van der Waals surface area contributed by atoms with Gasteiger partial charge in [-0.3, -0.25) is 38.7 Å². The van der Waals surface area contributed by atoms with Gasteiger partial charge < -0.3 is 4.90 Å². The summed E-state index contributed by atoms with van der Waals surface area (Å²) in [5, 5.41) is 0. The van der Waals surface area contributed by atoms with Gasteiger partial charge in [0, 0.05) is 75.3 Å². The lowest BCUT2D eigenvalue weighted by Gasteiger charge is -2.28. The highest BCUT2D eigenvalue weighted by Crippen LogP contribution is 2.13. The Kier molecular flexibility index (Phi) is 5.65. The van der Waals surface area contributed by atoms with Gasteiger partial charge in [-0.05, 0) is 6.08 Å². The third-order valence-corrected chi connectivity index (χ3v) is 4.75. The molecular weight excluding hydrogens is 364 g/mol. The number of imide groups is 2. The summed E-state index contributed by atoms with van der Waals surface area (Å²) in [5.74, 6) is -1.64. The molecular formula is C19H20N4O5. The summed E-state index contributed by atoms with van der Waals surface area (Å²) in [5.41, 5.74) is 0.591. The zero-order valence-electron chi connectivity index (χ0n) is 15.2. The van der Waals surface area contributed by atoms with Crippen LogP contribution in [-0.2, 0) is 24.0 Å². The van der Waals surface area contributed by atoms with E-state index < -0.39 is 0 Å². The minimum atomic E-state index is -0.369. The van der Waals surface area contributed by atoms with Crippen molar-refractivity contribution in [3.63, 3.8) is 0 Å². The molecule has 0 spiro atoms. The summed E-state index contributed by atoms with van der Waals surface area (Å²) in [6.45, 7) is 5.67. The van der Waals surface area contributed by atoms with E-state index in [1.54, 1.807) is 6.08 Å². The molecule has 3 aliphatic rings. The first-order chi connectivity index (χ1) is 13.4. The summed E-state index contributed by atoms with van der Waals surface area (Å²) < 4.78 is 0. The molecule has 0 bridgehead atoms. The van der Waals surface area contributed by atoms with Crippen LogP contribution in [0.25, 0.3) is 0 Å². The van der Waals surface area contributed by atoms with Crippen LogP contribution in [0.4, 0.5) is 0 Å². The normalized spacial score (nSPS) is 19.0. The number of nitrogens with zero attached hydrogens (tertiary/aromatic N) is 4. The lowest BCUT2D eigenvalue weighted by molar-refractivity contribution is -0.137. The van der Waals surface area contributed by atoms with E-state index in [2.05, 4.69) is 6.58 Å². The van der Waals surface area contributed by atoms with Crippen molar-refractivity contribution in [3.8, 4) is 0 Å². The maximum Gasteiger partial charge on any atom is 0.253 e. The van der Waals surface area contributed by atoms with Crippen LogP contribution in [0.15, 0.2) is 48.7 Å². The summed E-state index contributed by atoms with van der Waals surface area (Å²) >= 11 is 0. The van der Waals surface area contributed by atoms with Crippen molar-refractivity contribution in [3.05, 3.63) is 48.7 Å². The largest absolute Gasteiger partial charge is 0.308 e. The molecule has 5 amide bonds.